The van der Waals surface area contributed by atoms with Crippen molar-refractivity contribution in [3.8, 4) is 0 Å². The molecule has 0 bridgehead atoms. The largest absolute Gasteiger partial charge is 0.396 e. The van der Waals surface area contributed by atoms with Crippen LogP contribution in [0.5, 0.6) is 0 Å². The molecular formula is C22H29ClO. The first-order valence-electron chi connectivity index (χ1n) is 9.20. The zero-order valence-corrected chi connectivity index (χ0v) is 15.2. The zero-order valence-electron chi connectivity index (χ0n) is 14.5. The first-order chi connectivity index (χ1) is 11.8. The minimum atomic E-state index is 0.329. The zero-order chi connectivity index (χ0) is 17.0. The molecule has 1 N–H and O–H groups in total. The van der Waals surface area contributed by atoms with Crippen molar-refractivity contribution in [2.24, 2.45) is 0 Å². The molecule has 2 rings (SSSR count). The number of aliphatic hydroxyl groups is 1. The van der Waals surface area contributed by atoms with Crippen LogP contribution in [-0.2, 0) is 6.42 Å². The number of rotatable bonds is 11. The topological polar surface area (TPSA) is 20.2 Å². The highest BCUT2D eigenvalue weighted by Gasteiger charge is 2.12. The first-order valence-corrected chi connectivity index (χ1v) is 9.57. The molecule has 2 aromatic rings. The lowest BCUT2D eigenvalue weighted by Crippen LogP contribution is -2.03. The van der Waals surface area contributed by atoms with Gasteiger partial charge in [-0.3, -0.25) is 0 Å². The lowest BCUT2D eigenvalue weighted by molar-refractivity contribution is 0.282. The molecule has 0 heterocycles. The van der Waals surface area contributed by atoms with Crippen LogP contribution in [0.3, 0.4) is 0 Å². The van der Waals surface area contributed by atoms with Crippen molar-refractivity contribution in [3.05, 3.63) is 70.7 Å². The second-order valence-electron chi connectivity index (χ2n) is 6.57. The predicted molar refractivity (Wildman–Crippen MR) is 104 cm³/mol. The summed E-state index contributed by atoms with van der Waals surface area (Å²) >= 11 is 6.05. The van der Waals surface area contributed by atoms with Crippen LogP contribution in [-0.4, -0.2) is 11.7 Å². The molecule has 0 aliphatic carbocycles. The van der Waals surface area contributed by atoms with Gasteiger partial charge in [0.15, 0.2) is 0 Å². The van der Waals surface area contributed by atoms with Crippen LogP contribution < -0.4 is 0 Å². The average molecular weight is 345 g/mol. The molecule has 1 nitrogen and oxygen atoms in total. The maximum Gasteiger partial charge on any atom is 0.0431 e. The Morgan fingerprint density at radius 3 is 2.04 bits per heavy atom. The Balaban J connectivity index is 1.87. The molecule has 0 aromatic heterocycles. The minimum absolute atomic E-state index is 0.329. The molecule has 0 aliphatic rings. The summed E-state index contributed by atoms with van der Waals surface area (Å²) in [7, 11) is 0. The van der Waals surface area contributed by atoms with Crippen LogP contribution in [0.15, 0.2) is 54.6 Å². The number of aliphatic hydroxyl groups excluding tert-OH is 1. The third-order valence-electron chi connectivity index (χ3n) is 4.63. The van der Waals surface area contributed by atoms with Crippen LogP contribution in [0.4, 0.5) is 0 Å². The highest BCUT2D eigenvalue weighted by Crippen LogP contribution is 2.28. The summed E-state index contributed by atoms with van der Waals surface area (Å²) in [5.41, 5.74) is 2.80. The molecule has 0 spiro atoms. The van der Waals surface area contributed by atoms with E-state index in [0.29, 0.717) is 12.5 Å². The van der Waals surface area contributed by atoms with E-state index in [1.165, 1.54) is 43.2 Å². The normalized spacial score (nSPS) is 12.2. The van der Waals surface area contributed by atoms with Gasteiger partial charge < -0.3 is 5.11 Å². The maximum absolute atomic E-state index is 8.82. The van der Waals surface area contributed by atoms with Crippen LogP contribution in [0.25, 0.3) is 0 Å². The van der Waals surface area contributed by atoms with E-state index >= 15 is 0 Å². The van der Waals surface area contributed by atoms with Gasteiger partial charge in [0.2, 0.25) is 0 Å². The fourth-order valence-corrected chi connectivity index (χ4v) is 3.36. The predicted octanol–water partition coefficient (Wildman–Crippen LogP) is 6.39. The van der Waals surface area contributed by atoms with E-state index < -0.39 is 0 Å². The number of halogens is 1. The van der Waals surface area contributed by atoms with Crippen LogP contribution >= 0.6 is 11.6 Å². The molecule has 0 saturated carbocycles. The van der Waals surface area contributed by atoms with Gasteiger partial charge in [-0.15, -0.1) is 0 Å². The first kappa shape index (κ1) is 19.0. The highest BCUT2D eigenvalue weighted by atomic mass is 35.5. The molecule has 130 valence electrons. The summed E-state index contributed by atoms with van der Waals surface area (Å²) in [5.74, 6) is 0.558. The van der Waals surface area contributed by atoms with E-state index in [9.17, 15) is 0 Å². The Hall–Kier alpha value is -1.31. The van der Waals surface area contributed by atoms with Crippen LogP contribution in [0.2, 0.25) is 5.02 Å². The molecule has 24 heavy (non-hydrogen) atoms. The fourth-order valence-electron chi connectivity index (χ4n) is 3.23. The molecule has 0 amide bonds. The lowest BCUT2D eigenvalue weighted by Gasteiger charge is -2.18. The third kappa shape index (κ3) is 7.07. The summed E-state index contributed by atoms with van der Waals surface area (Å²) in [6, 6.07) is 19.1. The molecular weight excluding hydrogens is 316 g/mol. The number of hydrogen-bond donors (Lipinski definition) is 1. The van der Waals surface area contributed by atoms with E-state index in [2.05, 4.69) is 42.5 Å². The van der Waals surface area contributed by atoms with E-state index in [-0.39, 0.29) is 0 Å². The van der Waals surface area contributed by atoms with Gasteiger partial charge in [-0.1, -0.05) is 86.2 Å². The van der Waals surface area contributed by atoms with E-state index in [1.807, 2.05) is 12.1 Å². The third-order valence-corrected chi connectivity index (χ3v) is 4.88. The molecule has 2 aromatic carbocycles. The maximum atomic E-state index is 8.82. The Kier molecular flexibility index (Phi) is 8.94. The highest BCUT2D eigenvalue weighted by molar-refractivity contribution is 6.30. The van der Waals surface area contributed by atoms with E-state index in [1.54, 1.807) is 0 Å². The molecule has 0 fully saturated rings. The summed E-state index contributed by atoms with van der Waals surface area (Å²) in [4.78, 5) is 0. The van der Waals surface area contributed by atoms with Gasteiger partial charge in [0.1, 0.15) is 0 Å². The molecule has 0 aliphatic heterocycles. The van der Waals surface area contributed by atoms with Crippen molar-refractivity contribution in [2.75, 3.05) is 6.61 Å². The Morgan fingerprint density at radius 2 is 1.38 bits per heavy atom. The van der Waals surface area contributed by atoms with Gasteiger partial charge in [-0.2, -0.15) is 0 Å². The van der Waals surface area contributed by atoms with Crippen molar-refractivity contribution in [1.29, 1.82) is 0 Å². The summed E-state index contributed by atoms with van der Waals surface area (Å²) in [6.45, 7) is 0.329. The summed E-state index contributed by atoms with van der Waals surface area (Å²) < 4.78 is 0. The second kappa shape index (κ2) is 11.3. The number of benzene rings is 2. The SMILES string of the molecule is OCCCCCCCCC(Cc1ccccc1)c1ccc(Cl)cc1. The molecule has 1 unspecified atom stereocenters. The quantitative estimate of drug-likeness (QED) is 0.468. The van der Waals surface area contributed by atoms with Crippen molar-refractivity contribution in [1.82, 2.24) is 0 Å². The Bertz CT molecular complexity index is 550. The van der Waals surface area contributed by atoms with Gasteiger partial charge in [-0.05, 0) is 48.4 Å². The minimum Gasteiger partial charge on any atom is -0.396 e. The van der Waals surface area contributed by atoms with Crippen LogP contribution in [0, 0.1) is 0 Å². The van der Waals surface area contributed by atoms with Gasteiger partial charge in [0.25, 0.3) is 0 Å². The number of unbranched alkanes of at least 4 members (excludes halogenated alkanes) is 5. The smallest absolute Gasteiger partial charge is 0.0431 e. The average Bonchev–Trinajstić information content (AvgIpc) is 2.61. The second-order valence-corrected chi connectivity index (χ2v) is 7.01. The van der Waals surface area contributed by atoms with Gasteiger partial charge >= 0.3 is 0 Å². The van der Waals surface area contributed by atoms with Crippen molar-refractivity contribution in [3.63, 3.8) is 0 Å². The van der Waals surface area contributed by atoms with E-state index in [0.717, 1.165) is 24.3 Å². The number of hydrogen-bond acceptors (Lipinski definition) is 1. The van der Waals surface area contributed by atoms with Gasteiger partial charge in [0, 0.05) is 11.6 Å². The molecule has 0 saturated heterocycles. The van der Waals surface area contributed by atoms with Gasteiger partial charge in [-0.25, -0.2) is 0 Å². The standard InChI is InChI=1S/C22H29ClO/c23-22-15-13-20(14-16-22)21(18-19-10-6-5-7-11-19)12-8-3-1-2-4-9-17-24/h5-7,10-11,13-16,21,24H,1-4,8-9,12,17-18H2. The van der Waals surface area contributed by atoms with Crippen LogP contribution in [0.1, 0.15) is 62.0 Å². The van der Waals surface area contributed by atoms with Crippen molar-refractivity contribution < 1.29 is 5.11 Å². The molecule has 2 heteroatoms. The fraction of sp³-hybridized carbons (Fsp3) is 0.455. The van der Waals surface area contributed by atoms with E-state index in [4.69, 9.17) is 16.7 Å². The monoisotopic (exact) mass is 344 g/mol. The van der Waals surface area contributed by atoms with Crippen molar-refractivity contribution in [2.45, 2.75) is 57.3 Å². The van der Waals surface area contributed by atoms with Gasteiger partial charge in [0.05, 0.1) is 0 Å². The Labute approximate surface area is 151 Å². The molecule has 0 radical (unpaired) electrons. The van der Waals surface area contributed by atoms with Crippen molar-refractivity contribution >= 4 is 11.6 Å². The molecule has 1 atom stereocenters. The Morgan fingerprint density at radius 1 is 0.750 bits per heavy atom. The summed E-state index contributed by atoms with van der Waals surface area (Å²) in [5, 5.41) is 9.62. The lowest BCUT2D eigenvalue weighted by atomic mass is 9.87. The summed E-state index contributed by atoms with van der Waals surface area (Å²) in [6.07, 6.45) is 9.47.